The van der Waals surface area contributed by atoms with E-state index < -0.39 is 11.9 Å². The summed E-state index contributed by atoms with van der Waals surface area (Å²) in [4.78, 5) is 22.2. The van der Waals surface area contributed by atoms with E-state index in [1.807, 2.05) is 24.3 Å². The first-order valence-electron chi connectivity index (χ1n) is 8.48. The molecule has 1 heterocycles. The molecule has 0 unspecified atom stereocenters. The predicted octanol–water partition coefficient (Wildman–Crippen LogP) is 3.61. The van der Waals surface area contributed by atoms with E-state index in [1.54, 1.807) is 24.3 Å². The van der Waals surface area contributed by atoms with E-state index in [1.165, 1.54) is 6.07 Å². The summed E-state index contributed by atoms with van der Waals surface area (Å²) in [7, 11) is 0. The fourth-order valence-corrected chi connectivity index (χ4v) is 2.82. The highest BCUT2D eigenvalue weighted by molar-refractivity contribution is 5.96. The van der Waals surface area contributed by atoms with Crippen LogP contribution in [0.15, 0.2) is 59.0 Å². The van der Waals surface area contributed by atoms with Crippen LogP contribution in [0.3, 0.4) is 0 Å². The van der Waals surface area contributed by atoms with Crippen LogP contribution >= 0.6 is 0 Å². The Morgan fingerprint density at radius 3 is 1.96 bits per heavy atom. The van der Waals surface area contributed by atoms with Gasteiger partial charge in [0.25, 0.3) is 0 Å². The van der Waals surface area contributed by atoms with Crippen LogP contribution in [0.2, 0.25) is 0 Å². The van der Waals surface area contributed by atoms with Gasteiger partial charge in [-0.25, -0.2) is 4.79 Å². The number of hydrogen-bond donors (Lipinski definition) is 4. The third-order valence-electron chi connectivity index (χ3n) is 4.28. The molecule has 7 heteroatoms. The summed E-state index contributed by atoms with van der Waals surface area (Å²) >= 11 is 0. The Hall–Kier alpha value is -3.87. The molecule has 142 valence electrons. The van der Waals surface area contributed by atoms with Crippen LogP contribution in [0.25, 0.3) is 22.5 Å². The third kappa shape index (κ3) is 4.09. The minimum absolute atomic E-state index is 0.000352. The Morgan fingerprint density at radius 1 is 0.929 bits per heavy atom. The molecule has 5 N–H and O–H groups in total. The molecule has 2 aromatic carbocycles. The lowest BCUT2D eigenvalue weighted by Crippen LogP contribution is -2.10. The summed E-state index contributed by atoms with van der Waals surface area (Å²) in [6.45, 7) is 0. The van der Waals surface area contributed by atoms with E-state index in [-0.39, 0.29) is 30.0 Å². The number of hydrogen-bond acceptors (Lipinski definition) is 4. The van der Waals surface area contributed by atoms with Crippen LogP contribution in [-0.4, -0.2) is 28.0 Å². The predicted molar refractivity (Wildman–Crippen MR) is 104 cm³/mol. The van der Waals surface area contributed by atoms with E-state index in [0.29, 0.717) is 16.9 Å². The van der Waals surface area contributed by atoms with Crippen LogP contribution in [-0.2, 0) is 11.2 Å². The third-order valence-corrected chi connectivity index (χ3v) is 4.28. The summed E-state index contributed by atoms with van der Waals surface area (Å²) < 4.78 is 5.62. The second kappa shape index (κ2) is 7.79. The standard InChI is InChI=1S/C21H18N2O5/c22-20(23)15-7-3-13(4-8-15)12-1-5-14(6-2-12)19-17(21(26)27)11-16(28-19)9-10-18(24)25/h1-8,11H,9-10H2,(H3,22,23)(H,24,25)(H,26,27). The first-order chi connectivity index (χ1) is 13.3. The molecule has 0 bridgehead atoms. The normalized spacial score (nSPS) is 10.6. The lowest BCUT2D eigenvalue weighted by molar-refractivity contribution is -0.137. The largest absolute Gasteiger partial charge is 0.481 e. The van der Waals surface area contributed by atoms with E-state index >= 15 is 0 Å². The van der Waals surface area contributed by atoms with Gasteiger partial charge in [0.1, 0.15) is 22.9 Å². The van der Waals surface area contributed by atoms with Gasteiger partial charge in [0.05, 0.1) is 6.42 Å². The number of carboxylic acids is 2. The highest BCUT2D eigenvalue weighted by Gasteiger charge is 2.19. The quantitative estimate of drug-likeness (QED) is 0.366. The Balaban J connectivity index is 1.89. The van der Waals surface area contributed by atoms with Crippen molar-refractivity contribution in [3.8, 4) is 22.5 Å². The Bertz CT molecular complexity index is 1030. The molecule has 3 aromatic rings. The lowest BCUT2D eigenvalue weighted by Gasteiger charge is -2.05. The summed E-state index contributed by atoms with van der Waals surface area (Å²) in [5, 5.41) is 25.6. The van der Waals surface area contributed by atoms with Gasteiger partial charge in [-0.05, 0) is 17.2 Å². The molecular formula is C21H18N2O5. The van der Waals surface area contributed by atoms with Gasteiger partial charge in [0.15, 0.2) is 0 Å². The lowest BCUT2D eigenvalue weighted by atomic mass is 10.0. The Kier molecular flexibility index (Phi) is 5.26. The molecule has 3 rings (SSSR count). The number of nitrogen functional groups attached to an aromatic ring is 1. The molecule has 0 aliphatic carbocycles. The van der Waals surface area contributed by atoms with Crippen molar-refractivity contribution in [2.75, 3.05) is 0 Å². The molecule has 0 amide bonds. The molecule has 1 aromatic heterocycles. The first kappa shape index (κ1) is 18.9. The second-order valence-corrected chi connectivity index (χ2v) is 6.22. The summed E-state index contributed by atoms with van der Waals surface area (Å²) in [5.74, 6) is -1.59. The average molecular weight is 378 g/mol. The number of rotatable bonds is 7. The van der Waals surface area contributed by atoms with Crippen molar-refractivity contribution in [1.29, 1.82) is 5.41 Å². The van der Waals surface area contributed by atoms with Crippen molar-refractivity contribution < 1.29 is 24.2 Å². The fourth-order valence-electron chi connectivity index (χ4n) is 2.82. The molecule has 0 aliphatic rings. The number of aryl methyl sites for hydroxylation is 1. The maximum atomic E-state index is 11.5. The zero-order chi connectivity index (χ0) is 20.3. The average Bonchev–Trinajstić information content (AvgIpc) is 3.11. The number of aliphatic carboxylic acids is 1. The number of furan rings is 1. The molecular weight excluding hydrogens is 360 g/mol. The maximum Gasteiger partial charge on any atom is 0.339 e. The van der Waals surface area contributed by atoms with Crippen LogP contribution in [0.5, 0.6) is 0 Å². The van der Waals surface area contributed by atoms with Crippen LogP contribution in [0.4, 0.5) is 0 Å². The number of aromatic carboxylic acids is 1. The zero-order valence-electron chi connectivity index (χ0n) is 14.8. The summed E-state index contributed by atoms with van der Waals surface area (Å²) in [5.41, 5.74) is 8.52. The van der Waals surface area contributed by atoms with Crippen molar-refractivity contribution in [3.63, 3.8) is 0 Å². The molecule has 0 fully saturated rings. The van der Waals surface area contributed by atoms with E-state index in [9.17, 15) is 14.7 Å². The molecule has 0 radical (unpaired) electrons. The highest BCUT2D eigenvalue weighted by atomic mass is 16.4. The van der Waals surface area contributed by atoms with Gasteiger partial charge in [-0.3, -0.25) is 10.2 Å². The number of benzene rings is 2. The summed E-state index contributed by atoms with van der Waals surface area (Å²) in [6, 6.07) is 15.8. The highest BCUT2D eigenvalue weighted by Crippen LogP contribution is 2.30. The molecule has 0 saturated carbocycles. The van der Waals surface area contributed by atoms with Gasteiger partial charge in [-0.15, -0.1) is 0 Å². The van der Waals surface area contributed by atoms with Crippen molar-refractivity contribution >= 4 is 17.8 Å². The van der Waals surface area contributed by atoms with Crippen molar-refractivity contribution in [2.45, 2.75) is 12.8 Å². The van der Waals surface area contributed by atoms with E-state index in [4.69, 9.17) is 20.7 Å². The molecule has 7 nitrogen and oxygen atoms in total. The SMILES string of the molecule is N=C(N)c1ccc(-c2ccc(-c3oc(CCC(=O)O)cc3C(=O)O)cc2)cc1. The summed E-state index contributed by atoms with van der Waals surface area (Å²) in [6.07, 6.45) is -0.0165. The number of amidine groups is 1. The first-order valence-corrected chi connectivity index (χ1v) is 8.48. The van der Waals surface area contributed by atoms with Gasteiger partial charge >= 0.3 is 11.9 Å². The molecule has 28 heavy (non-hydrogen) atoms. The van der Waals surface area contributed by atoms with Crippen LogP contribution in [0, 0.1) is 5.41 Å². The van der Waals surface area contributed by atoms with Gasteiger partial charge in [0, 0.05) is 17.5 Å². The molecule has 0 atom stereocenters. The topological polar surface area (TPSA) is 138 Å². The van der Waals surface area contributed by atoms with E-state index in [0.717, 1.165) is 11.1 Å². The van der Waals surface area contributed by atoms with Gasteiger partial charge < -0.3 is 20.4 Å². The monoisotopic (exact) mass is 378 g/mol. The van der Waals surface area contributed by atoms with Gasteiger partial charge in [-0.1, -0.05) is 48.5 Å². The number of nitrogens with two attached hydrogens (primary N) is 1. The molecule has 0 saturated heterocycles. The second-order valence-electron chi connectivity index (χ2n) is 6.22. The maximum absolute atomic E-state index is 11.5. The molecule has 0 aliphatic heterocycles. The Morgan fingerprint density at radius 2 is 1.46 bits per heavy atom. The van der Waals surface area contributed by atoms with Crippen LogP contribution < -0.4 is 5.73 Å². The molecule has 0 spiro atoms. The zero-order valence-corrected chi connectivity index (χ0v) is 14.8. The smallest absolute Gasteiger partial charge is 0.339 e. The minimum atomic E-state index is -1.13. The number of carbonyl (C=O) groups is 2. The minimum Gasteiger partial charge on any atom is -0.481 e. The number of nitrogens with one attached hydrogen (secondary N) is 1. The number of carboxylic acid groups (broad SMARTS) is 2. The van der Waals surface area contributed by atoms with Crippen LogP contribution in [0.1, 0.15) is 28.1 Å². The fraction of sp³-hybridized carbons (Fsp3) is 0.0952. The van der Waals surface area contributed by atoms with Crippen molar-refractivity contribution in [2.24, 2.45) is 5.73 Å². The van der Waals surface area contributed by atoms with Gasteiger partial charge in [0.2, 0.25) is 0 Å². The van der Waals surface area contributed by atoms with Gasteiger partial charge in [-0.2, -0.15) is 0 Å². The van der Waals surface area contributed by atoms with E-state index in [2.05, 4.69) is 0 Å². The van der Waals surface area contributed by atoms with Crippen molar-refractivity contribution in [3.05, 3.63) is 71.5 Å². The van der Waals surface area contributed by atoms with Crippen molar-refractivity contribution in [1.82, 2.24) is 0 Å². The Labute approximate surface area is 160 Å².